The van der Waals surface area contributed by atoms with Crippen LogP contribution in [0.4, 0.5) is 11.6 Å². The van der Waals surface area contributed by atoms with Crippen molar-refractivity contribution in [2.75, 3.05) is 17.7 Å². The lowest BCUT2D eigenvalue weighted by atomic mass is 10.1. The van der Waals surface area contributed by atoms with E-state index in [2.05, 4.69) is 25.6 Å². The Morgan fingerprint density at radius 3 is 2.68 bits per heavy atom. The number of ether oxygens (including phenoxy) is 1. The number of rotatable bonds is 6. The van der Waals surface area contributed by atoms with Gasteiger partial charge in [-0.05, 0) is 36.8 Å². The highest BCUT2D eigenvalue weighted by molar-refractivity contribution is 6.07. The molecule has 0 aliphatic heterocycles. The zero-order valence-electron chi connectivity index (χ0n) is 15.5. The van der Waals surface area contributed by atoms with Crippen LogP contribution in [0.25, 0.3) is 0 Å². The van der Waals surface area contributed by atoms with Crippen molar-refractivity contribution >= 4 is 23.5 Å². The summed E-state index contributed by atoms with van der Waals surface area (Å²) < 4.78 is 4.75. The third kappa shape index (κ3) is 4.67. The van der Waals surface area contributed by atoms with E-state index in [-0.39, 0.29) is 11.3 Å². The van der Waals surface area contributed by atoms with Gasteiger partial charge in [-0.1, -0.05) is 18.2 Å². The normalized spacial score (nSPS) is 10.2. The Kier molecular flexibility index (Phi) is 5.91. The fourth-order valence-corrected chi connectivity index (χ4v) is 2.51. The quantitative estimate of drug-likeness (QED) is 0.636. The summed E-state index contributed by atoms with van der Waals surface area (Å²) in [6, 6.07) is 11.9. The highest BCUT2D eigenvalue weighted by atomic mass is 16.5. The number of methoxy groups -OCH3 is 1. The van der Waals surface area contributed by atoms with Crippen molar-refractivity contribution in [3.8, 4) is 0 Å². The molecule has 8 heteroatoms. The van der Waals surface area contributed by atoms with Crippen LogP contribution >= 0.6 is 0 Å². The Hall–Kier alpha value is -3.81. The third-order valence-electron chi connectivity index (χ3n) is 3.84. The van der Waals surface area contributed by atoms with E-state index in [4.69, 9.17) is 4.74 Å². The number of amides is 1. The van der Waals surface area contributed by atoms with Gasteiger partial charge in [0.25, 0.3) is 5.91 Å². The molecule has 2 N–H and O–H groups in total. The molecule has 0 aliphatic rings. The Morgan fingerprint density at radius 1 is 1.11 bits per heavy atom. The third-order valence-corrected chi connectivity index (χ3v) is 3.84. The maximum Gasteiger partial charge on any atom is 0.339 e. The molecule has 0 atom stereocenters. The van der Waals surface area contributed by atoms with Crippen LogP contribution in [0.3, 0.4) is 0 Å². The van der Waals surface area contributed by atoms with Crippen molar-refractivity contribution in [1.82, 2.24) is 15.0 Å². The van der Waals surface area contributed by atoms with E-state index in [0.717, 1.165) is 5.56 Å². The second kappa shape index (κ2) is 8.72. The molecule has 0 saturated heterocycles. The molecule has 0 aliphatic carbocycles. The van der Waals surface area contributed by atoms with Crippen LogP contribution in [0.1, 0.15) is 32.1 Å². The topological polar surface area (TPSA) is 106 Å². The molecule has 3 aromatic rings. The summed E-state index contributed by atoms with van der Waals surface area (Å²) in [6.45, 7) is 2.25. The average molecular weight is 377 g/mol. The molecule has 2 heterocycles. The summed E-state index contributed by atoms with van der Waals surface area (Å²) in [5.74, 6) is -0.657. The van der Waals surface area contributed by atoms with E-state index in [1.165, 1.54) is 7.11 Å². The number of carbonyl (C=O) groups is 2. The molecule has 142 valence electrons. The molecule has 1 amide bonds. The number of nitrogens with one attached hydrogen (secondary N) is 2. The van der Waals surface area contributed by atoms with Gasteiger partial charge in [-0.15, -0.1) is 0 Å². The van der Waals surface area contributed by atoms with Crippen molar-refractivity contribution in [1.29, 1.82) is 0 Å². The van der Waals surface area contributed by atoms with Gasteiger partial charge >= 0.3 is 5.97 Å². The predicted octanol–water partition coefficient (Wildman–Crippen LogP) is 2.83. The molecule has 3 rings (SSSR count). The fourth-order valence-electron chi connectivity index (χ4n) is 2.51. The van der Waals surface area contributed by atoms with Crippen molar-refractivity contribution in [2.45, 2.75) is 13.5 Å². The van der Waals surface area contributed by atoms with Crippen LogP contribution < -0.4 is 10.6 Å². The van der Waals surface area contributed by atoms with Crippen molar-refractivity contribution in [3.63, 3.8) is 0 Å². The Balaban J connectivity index is 1.77. The molecule has 28 heavy (non-hydrogen) atoms. The number of anilines is 2. The lowest BCUT2D eigenvalue weighted by molar-refractivity contribution is 0.0602. The lowest BCUT2D eigenvalue weighted by Crippen LogP contribution is -2.18. The summed E-state index contributed by atoms with van der Waals surface area (Å²) in [5.41, 5.74) is 2.39. The Morgan fingerprint density at radius 2 is 1.93 bits per heavy atom. The highest BCUT2D eigenvalue weighted by Crippen LogP contribution is 2.17. The minimum Gasteiger partial charge on any atom is -0.465 e. The summed E-state index contributed by atoms with van der Waals surface area (Å²) in [4.78, 5) is 37.2. The molecular weight excluding hydrogens is 358 g/mol. The average Bonchev–Trinajstić information content (AvgIpc) is 2.72. The number of para-hydroxylation sites is 1. The predicted molar refractivity (Wildman–Crippen MR) is 104 cm³/mol. The zero-order valence-corrected chi connectivity index (χ0v) is 15.5. The van der Waals surface area contributed by atoms with Crippen molar-refractivity contribution in [3.05, 3.63) is 77.4 Å². The van der Waals surface area contributed by atoms with E-state index < -0.39 is 11.9 Å². The first-order valence-corrected chi connectivity index (χ1v) is 8.54. The fraction of sp³-hybridized carbons (Fsp3) is 0.150. The van der Waals surface area contributed by atoms with Crippen LogP contribution in [-0.2, 0) is 11.3 Å². The van der Waals surface area contributed by atoms with Gasteiger partial charge in [0.15, 0.2) is 0 Å². The minimum atomic E-state index is -0.534. The number of aromatic nitrogens is 3. The molecule has 0 spiro atoms. The number of aryl methyl sites for hydroxylation is 1. The van der Waals surface area contributed by atoms with E-state index in [1.54, 1.807) is 49.6 Å². The standard InChI is InChI=1S/C20H19N5O3/c1-13-10-17(25-20(23-13)22-12-14-6-5-9-21-11-14)18(26)24-16-8-4-3-7-15(16)19(27)28-2/h3-11H,12H2,1-2H3,(H,24,26)(H,22,23,25). The van der Waals surface area contributed by atoms with Crippen LogP contribution in [0.15, 0.2) is 54.9 Å². The van der Waals surface area contributed by atoms with Gasteiger partial charge in [0, 0.05) is 24.6 Å². The van der Waals surface area contributed by atoms with Gasteiger partial charge in [0.05, 0.1) is 18.4 Å². The number of carbonyl (C=O) groups excluding carboxylic acids is 2. The van der Waals surface area contributed by atoms with Gasteiger partial charge in [-0.2, -0.15) is 0 Å². The second-order valence-corrected chi connectivity index (χ2v) is 5.92. The SMILES string of the molecule is COC(=O)c1ccccc1NC(=O)c1cc(C)nc(NCc2cccnc2)n1. The number of esters is 1. The van der Waals surface area contributed by atoms with E-state index in [1.807, 2.05) is 12.1 Å². The van der Waals surface area contributed by atoms with Crippen LogP contribution in [0, 0.1) is 6.92 Å². The molecule has 8 nitrogen and oxygen atoms in total. The largest absolute Gasteiger partial charge is 0.465 e. The van der Waals surface area contributed by atoms with Crippen LogP contribution in [-0.4, -0.2) is 33.9 Å². The number of benzene rings is 1. The van der Waals surface area contributed by atoms with Gasteiger partial charge in [0.1, 0.15) is 5.69 Å². The van der Waals surface area contributed by atoms with Crippen molar-refractivity contribution < 1.29 is 14.3 Å². The maximum absolute atomic E-state index is 12.7. The highest BCUT2D eigenvalue weighted by Gasteiger charge is 2.16. The first-order chi connectivity index (χ1) is 13.6. The number of hydrogen-bond acceptors (Lipinski definition) is 7. The van der Waals surface area contributed by atoms with Gasteiger partial charge < -0.3 is 15.4 Å². The molecule has 0 unspecified atom stereocenters. The van der Waals surface area contributed by atoms with E-state index in [9.17, 15) is 9.59 Å². The monoisotopic (exact) mass is 377 g/mol. The smallest absolute Gasteiger partial charge is 0.339 e. The number of nitrogens with zero attached hydrogens (tertiary/aromatic N) is 3. The first-order valence-electron chi connectivity index (χ1n) is 8.54. The maximum atomic E-state index is 12.7. The Bertz CT molecular complexity index is 992. The van der Waals surface area contributed by atoms with Gasteiger partial charge in [0.2, 0.25) is 5.95 Å². The summed E-state index contributed by atoms with van der Waals surface area (Å²) in [7, 11) is 1.29. The van der Waals surface area contributed by atoms with Gasteiger partial charge in [-0.3, -0.25) is 9.78 Å². The minimum absolute atomic E-state index is 0.181. The summed E-state index contributed by atoms with van der Waals surface area (Å²) in [6.07, 6.45) is 3.43. The van der Waals surface area contributed by atoms with E-state index >= 15 is 0 Å². The zero-order chi connectivity index (χ0) is 19.9. The molecule has 2 aromatic heterocycles. The van der Waals surface area contributed by atoms with E-state index in [0.29, 0.717) is 23.9 Å². The molecule has 0 saturated carbocycles. The van der Waals surface area contributed by atoms with Crippen LogP contribution in [0.5, 0.6) is 0 Å². The lowest BCUT2D eigenvalue weighted by Gasteiger charge is -2.11. The second-order valence-electron chi connectivity index (χ2n) is 5.92. The summed E-state index contributed by atoms with van der Waals surface area (Å²) in [5, 5.41) is 5.79. The molecule has 0 fully saturated rings. The molecule has 0 bridgehead atoms. The van der Waals surface area contributed by atoms with Crippen molar-refractivity contribution in [2.24, 2.45) is 0 Å². The molecule has 0 radical (unpaired) electrons. The Labute approximate surface area is 162 Å². The number of hydrogen-bond donors (Lipinski definition) is 2. The first kappa shape index (κ1) is 19.0. The molecular formula is C20H19N5O3. The molecule has 1 aromatic carbocycles. The van der Waals surface area contributed by atoms with Crippen LogP contribution in [0.2, 0.25) is 0 Å². The number of pyridine rings is 1. The summed E-state index contributed by atoms with van der Waals surface area (Å²) >= 11 is 0. The van der Waals surface area contributed by atoms with Gasteiger partial charge in [-0.25, -0.2) is 14.8 Å².